The molecule has 0 aliphatic heterocycles. The van der Waals surface area contributed by atoms with Gasteiger partial charge in [0.15, 0.2) is 5.82 Å². The number of hydrogen-bond donors (Lipinski definition) is 0. The molecule has 0 saturated heterocycles. The van der Waals surface area contributed by atoms with Crippen molar-refractivity contribution in [2.24, 2.45) is 0 Å². The molecule has 0 atom stereocenters. The highest BCUT2D eigenvalue weighted by atomic mass is 32.1. The highest BCUT2D eigenvalue weighted by molar-refractivity contribution is 7.26. The summed E-state index contributed by atoms with van der Waals surface area (Å²) in [5.41, 5.74) is 5.12. The van der Waals surface area contributed by atoms with Crippen molar-refractivity contribution < 1.29 is 0 Å². The maximum atomic E-state index is 5.12. The van der Waals surface area contributed by atoms with Crippen LogP contribution in [-0.4, -0.2) is 9.97 Å². The van der Waals surface area contributed by atoms with Crippen LogP contribution < -0.4 is 0 Å². The molecule has 7 rings (SSSR count). The molecule has 0 fully saturated rings. The third kappa shape index (κ3) is 3.49. The lowest BCUT2D eigenvalue weighted by molar-refractivity contribution is 1.19. The van der Waals surface area contributed by atoms with Gasteiger partial charge in [-0.1, -0.05) is 103 Å². The van der Waals surface area contributed by atoms with Gasteiger partial charge in [-0.2, -0.15) is 0 Å². The Bertz CT molecular complexity index is 1850. The fraction of sp³-hybridized carbons (Fsp3) is 0. The summed E-state index contributed by atoms with van der Waals surface area (Å²) in [6.07, 6.45) is 0. The van der Waals surface area contributed by atoms with Gasteiger partial charge in [0.05, 0.1) is 11.4 Å². The summed E-state index contributed by atoms with van der Waals surface area (Å²) in [6, 6.07) is 42.5. The van der Waals surface area contributed by atoms with Crippen LogP contribution in [0.2, 0.25) is 0 Å². The van der Waals surface area contributed by atoms with E-state index in [1.54, 1.807) is 0 Å². The first-order valence-electron chi connectivity index (χ1n) is 11.7. The molecule has 35 heavy (non-hydrogen) atoms. The molecule has 0 saturated carbocycles. The average Bonchev–Trinajstić information content (AvgIpc) is 3.32. The molecule has 0 radical (unpaired) electrons. The van der Waals surface area contributed by atoms with Crippen LogP contribution in [0.4, 0.5) is 0 Å². The van der Waals surface area contributed by atoms with Crippen molar-refractivity contribution in [3.63, 3.8) is 0 Å². The smallest absolute Gasteiger partial charge is 0.160 e. The van der Waals surface area contributed by atoms with Gasteiger partial charge in [-0.15, -0.1) is 11.3 Å². The summed E-state index contributed by atoms with van der Waals surface area (Å²) in [7, 11) is 0. The normalized spacial score (nSPS) is 11.4. The number of benzene rings is 5. The van der Waals surface area contributed by atoms with E-state index in [-0.39, 0.29) is 0 Å². The van der Waals surface area contributed by atoms with Crippen LogP contribution in [0.5, 0.6) is 0 Å². The molecule has 2 heterocycles. The molecule has 0 aliphatic rings. The van der Waals surface area contributed by atoms with Crippen LogP contribution in [0.3, 0.4) is 0 Å². The topological polar surface area (TPSA) is 25.8 Å². The monoisotopic (exact) mass is 464 g/mol. The number of thiophene rings is 1. The Labute approximate surface area is 207 Å². The minimum atomic E-state index is 0.741. The lowest BCUT2D eigenvalue weighted by Gasteiger charge is -2.10. The molecular formula is C32H20N2S. The molecule has 0 N–H and O–H groups in total. The van der Waals surface area contributed by atoms with E-state index in [1.165, 1.54) is 30.9 Å². The third-order valence-electron chi connectivity index (χ3n) is 6.48. The van der Waals surface area contributed by atoms with Crippen LogP contribution >= 0.6 is 11.3 Å². The molecule has 0 unspecified atom stereocenters. The molecule has 0 spiro atoms. The molecule has 0 bridgehead atoms. The SMILES string of the molecule is c1ccc(-c2cc(-c3cccc4c3sc3ccccc34)nc(-c3ccc4ccccc4c3)n2)cc1. The van der Waals surface area contributed by atoms with Gasteiger partial charge < -0.3 is 0 Å². The summed E-state index contributed by atoms with van der Waals surface area (Å²) in [5, 5.41) is 4.97. The van der Waals surface area contributed by atoms with Gasteiger partial charge in [-0.05, 0) is 29.0 Å². The maximum absolute atomic E-state index is 5.12. The summed E-state index contributed by atoms with van der Waals surface area (Å²) in [6.45, 7) is 0. The van der Waals surface area contributed by atoms with Crippen molar-refractivity contribution in [1.29, 1.82) is 0 Å². The largest absolute Gasteiger partial charge is 0.228 e. The molecule has 3 heteroatoms. The van der Waals surface area contributed by atoms with Crippen LogP contribution in [-0.2, 0) is 0 Å². The number of nitrogens with zero attached hydrogens (tertiary/aromatic N) is 2. The van der Waals surface area contributed by atoms with Gasteiger partial charge in [-0.3, -0.25) is 0 Å². The van der Waals surface area contributed by atoms with Gasteiger partial charge in [0.2, 0.25) is 0 Å². The third-order valence-corrected chi connectivity index (χ3v) is 7.70. The Morgan fingerprint density at radius 2 is 1.23 bits per heavy atom. The number of fused-ring (bicyclic) bond motifs is 4. The number of aromatic nitrogens is 2. The quantitative estimate of drug-likeness (QED) is 0.261. The second-order valence-electron chi connectivity index (χ2n) is 8.67. The Hall–Kier alpha value is -4.34. The van der Waals surface area contributed by atoms with Crippen molar-refractivity contribution in [1.82, 2.24) is 9.97 Å². The van der Waals surface area contributed by atoms with Crippen molar-refractivity contribution in [2.75, 3.05) is 0 Å². The van der Waals surface area contributed by atoms with Gasteiger partial charge in [-0.25, -0.2) is 9.97 Å². The lowest BCUT2D eigenvalue weighted by Crippen LogP contribution is -1.96. The van der Waals surface area contributed by atoms with Crippen LogP contribution in [0.15, 0.2) is 121 Å². The highest BCUT2D eigenvalue weighted by Gasteiger charge is 2.15. The van der Waals surface area contributed by atoms with E-state index >= 15 is 0 Å². The number of rotatable bonds is 3. The van der Waals surface area contributed by atoms with E-state index in [4.69, 9.17) is 9.97 Å². The highest BCUT2D eigenvalue weighted by Crippen LogP contribution is 2.40. The molecule has 0 amide bonds. The summed E-state index contributed by atoms with van der Waals surface area (Å²) < 4.78 is 2.55. The van der Waals surface area contributed by atoms with Crippen LogP contribution in [0.25, 0.3) is 64.8 Å². The van der Waals surface area contributed by atoms with Crippen molar-refractivity contribution in [3.8, 4) is 33.9 Å². The van der Waals surface area contributed by atoms with Gasteiger partial charge in [0.1, 0.15) is 0 Å². The molecule has 5 aromatic carbocycles. The molecule has 0 aliphatic carbocycles. The lowest BCUT2D eigenvalue weighted by atomic mass is 10.0. The second kappa shape index (κ2) is 8.15. The van der Waals surface area contributed by atoms with E-state index < -0.39 is 0 Å². The minimum absolute atomic E-state index is 0.741. The van der Waals surface area contributed by atoms with Gasteiger partial charge in [0.25, 0.3) is 0 Å². The maximum Gasteiger partial charge on any atom is 0.160 e. The van der Waals surface area contributed by atoms with Gasteiger partial charge >= 0.3 is 0 Å². The van der Waals surface area contributed by atoms with Crippen molar-refractivity contribution in [2.45, 2.75) is 0 Å². The second-order valence-corrected chi connectivity index (χ2v) is 9.72. The molecule has 7 aromatic rings. The number of hydrogen-bond acceptors (Lipinski definition) is 3. The fourth-order valence-electron chi connectivity index (χ4n) is 4.75. The summed E-state index contributed by atoms with van der Waals surface area (Å²) in [4.78, 5) is 10.1. The Morgan fingerprint density at radius 3 is 2.14 bits per heavy atom. The summed E-state index contributed by atoms with van der Waals surface area (Å²) in [5.74, 6) is 0.741. The zero-order valence-electron chi connectivity index (χ0n) is 18.8. The predicted octanol–water partition coefficient (Wildman–Crippen LogP) is 9.00. The fourth-order valence-corrected chi connectivity index (χ4v) is 5.97. The van der Waals surface area contributed by atoms with E-state index in [9.17, 15) is 0 Å². The zero-order chi connectivity index (χ0) is 23.2. The minimum Gasteiger partial charge on any atom is -0.228 e. The molecule has 2 nitrogen and oxygen atoms in total. The molecule has 164 valence electrons. The van der Waals surface area contributed by atoms with E-state index in [0.29, 0.717) is 0 Å². The van der Waals surface area contributed by atoms with E-state index in [0.717, 1.165) is 33.9 Å². The Balaban J connectivity index is 1.49. The summed E-state index contributed by atoms with van der Waals surface area (Å²) >= 11 is 1.83. The first-order chi connectivity index (χ1) is 17.3. The van der Waals surface area contributed by atoms with Crippen molar-refractivity contribution >= 4 is 42.3 Å². The average molecular weight is 465 g/mol. The predicted molar refractivity (Wildman–Crippen MR) is 149 cm³/mol. The van der Waals surface area contributed by atoms with E-state index in [1.807, 2.05) is 17.4 Å². The Morgan fingerprint density at radius 1 is 0.486 bits per heavy atom. The van der Waals surface area contributed by atoms with Crippen molar-refractivity contribution in [3.05, 3.63) is 121 Å². The zero-order valence-corrected chi connectivity index (χ0v) is 19.7. The molecular weight excluding hydrogens is 444 g/mol. The van der Waals surface area contributed by atoms with E-state index in [2.05, 4.69) is 115 Å². The van der Waals surface area contributed by atoms with Crippen LogP contribution in [0, 0.1) is 0 Å². The van der Waals surface area contributed by atoms with Crippen LogP contribution in [0.1, 0.15) is 0 Å². The standard InChI is InChI=1S/C32H20N2S/c1-2-10-22(11-3-1)28-20-29(27-15-8-14-26-25-13-6-7-16-30(25)35-31(26)27)34-32(33-28)24-18-17-21-9-4-5-12-23(21)19-24/h1-20H. The molecule has 2 aromatic heterocycles. The Kier molecular flexibility index (Phi) is 4.68. The first-order valence-corrected chi connectivity index (χ1v) is 12.5. The first kappa shape index (κ1) is 20.1. The van der Waals surface area contributed by atoms with Gasteiger partial charge in [0, 0.05) is 36.9 Å².